The van der Waals surface area contributed by atoms with E-state index in [1.807, 2.05) is 13.0 Å². The molecule has 0 atom stereocenters. The summed E-state index contributed by atoms with van der Waals surface area (Å²) in [4.78, 5) is 23.8. The second kappa shape index (κ2) is 5.48. The molecule has 0 amide bonds. The van der Waals surface area contributed by atoms with Crippen LogP contribution in [0.15, 0.2) is 29.1 Å². The molecule has 1 aromatic carbocycles. The number of hydrogen-bond acceptors (Lipinski definition) is 3. The highest BCUT2D eigenvalue weighted by atomic mass is 16.4. The summed E-state index contributed by atoms with van der Waals surface area (Å²) in [6, 6.07) is 6.72. The molecule has 0 saturated heterocycles. The van der Waals surface area contributed by atoms with Crippen molar-refractivity contribution in [1.29, 1.82) is 0 Å². The van der Waals surface area contributed by atoms with E-state index in [-0.39, 0.29) is 23.3 Å². The first kappa shape index (κ1) is 14.6. The van der Waals surface area contributed by atoms with Gasteiger partial charge in [-0.15, -0.1) is 0 Å². The van der Waals surface area contributed by atoms with Gasteiger partial charge in [0.1, 0.15) is 5.75 Å². The number of aliphatic carboxylic acids is 1. The highest BCUT2D eigenvalue weighted by Crippen LogP contribution is 2.33. The number of aromatic hydroxyl groups is 1. The average Bonchev–Trinajstić information content (AvgIpc) is 2.47. The molecule has 3 rings (SSSR count). The maximum absolute atomic E-state index is 12.7. The Morgan fingerprint density at radius 3 is 2.50 bits per heavy atom. The summed E-state index contributed by atoms with van der Waals surface area (Å²) >= 11 is 0. The second-order valence-corrected chi connectivity index (χ2v) is 6.08. The Balaban J connectivity index is 2.00. The highest BCUT2D eigenvalue weighted by molar-refractivity contribution is 5.83. The molecule has 1 heterocycles. The van der Waals surface area contributed by atoms with Crippen LogP contribution in [-0.4, -0.2) is 20.7 Å². The zero-order chi connectivity index (χ0) is 15.9. The molecule has 0 spiro atoms. The predicted octanol–water partition coefficient (Wildman–Crippen LogP) is 2.83. The fourth-order valence-corrected chi connectivity index (χ4v) is 3.48. The van der Waals surface area contributed by atoms with Crippen LogP contribution in [0.4, 0.5) is 0 Å². The quantitative estimate of drug-likeness (QED) is 0.894. The number of benzene rings is 1. The SMILES string of the molecule is Cc1cc2cc(O)ccc2c(=O)n1[C@H]1CC[C@H](C(=O)O)CC1. The fraction of sp³-hybridized carbons (Fsp3) is 0.412. The molecule has 22 heavy (non-hydrogen) atoms. The summed E-state index contributed by atoms with van der Waals surface area (Å²) in [5, 5.41) is 19.9. The Morgan fingerprint density at radius 2 is 1.86 bits per heavy atom. The molecule has 116 valence electrons. The number of aromatic nitrogens is 1. The predicted molar refractivity (Wildman–Crippen MR) is 83.2 cm³/mol. The molecule has 5 nitrogen and oxygen atoms in total. The standard InChI is InChI=1S/C17H19NO4/c1-10-8-12-9-14(19)6-7-15(12)16(20)18(10)13-4-2-11(3-5-13)17(21)22/h6-9,11,13,19H,2-5H2,1H3,(H,21,22)/t11-,13-. The molecule has 0 unspecified atom stereocenters. The minimum Gasteiger partial charge on any atom is -0.508 e. The van der Waals surface area contributed by atoms with Crippen LogP contribution in [0.3, 0.4) is 0 Å². The largest absolute Gasteiger partial charge is 0.508 e. The molecular weight excluding hydrogens is 282 g/mol. The van der Waals surface area contributed by atoms with Crippen LogP contribution in [0.5, 0.6) is 5.75 Å². The second-order valence-electron chi connectivity index (χ2n) is 6.08. The van der Waals surface area contributed by atoms with Crippen molar-refractivity contribution in [2.24, 2.45) is 5.92 Å². The Bertz CT molecular complexity index is 785. The molecule has 1 aliphatic carbocycles. The molecule has 1 saturated carbocycles. The summed E-state index contributed by atoms with van der Waals surface area (Å²) in [7, 11) is 0. The number of pyridine rings is 1. The van der Waals surface area contributed by atoms with E-state index in [1.54, 1.807) is 16.7 Å². The van der Waals surface area contributed by atoms with Crippen molar-refractivity contribution in [3.63, 3.8) is 0 Å². The van der Waals surface area contributed by atoms with Crippen molar-refractivity contribution in [3.8, 4) is 5.75 Å². The monoisotopic (exact) mass is 301 g/mol. The van der Waals surface area contributed by atoms with Gasteiger partial charge in [0, 0.05) is 17.1 Å². The minimum atomic E-state index is -0.739. The van der Waals surface area contributed by atoms with E-state index >= 15 is 0 Å². The number of nitrogens with zero attached hydrogens (tertiary/aromatic N) is 1. The van der Waals surface area contributed by atoms with Crippen LogP contribution in [-0.2, 0) is 4.79 Å². The molecule has 1 aromatic heterocycles. The Morgan fingerprint density at radius 1 is 1.18 bits per heavy atom. The molecule has 2 N–H and O–H groups in total. The van der Waals surface area contributed by atoms with Gasteiger partial charge in [0.15, 0.2) is 0 Å². The van der Waals surface area contributed by atoms with E-state index in [0.29, 0.717) is 31.1 Å². The zero-order valence-corrected chi connectivity index (χ0v) is 12.5. The van der Waals surface area contributed by atoms with E-state index in [4.69, 9.17) is 5.11 Å². The Hall–Kier alpha value is -2.30. The van der Waals surface area contributed by atoms with Crippen molar-refractivity contribution >= 4 is 16.7 Å². The van der Waals surface area contributed by atoms with E-state index in [9.17, 15) is 14.7 Å². The lowest BCUT2D eigenvalue weighted by molar-refractivity contribution is -0.143. The normalized spacial score (nSPS) is 21.9. The van der Waals surface area contributed by atoms with Gasteiger partial charge in [-0.3, -0.25) is 9.59 Å². The summed E-state index contributed by atoms with van der Waals surface area (Å²) in [6.07, 6.45) is 2.64. The summed E-state index contributed by atoms with van der Waals surface area (Å²) in [5.41, 5.74) is 0.788. The first-order valence-corrected chi connectivity index (χ1v) is 7.55. The molecule has 5 heteroatoms. The fourth-order valence-electron chi connectivity index (χ4n) is 3.48. The number of phenolic OH excluding ortho intramolecular Hbond substituents is 1. The van der Waals surface area contributed by atoms with E-state index in [1.165, 1.54) is 6.07 Å². The van der Waals surface area contributed by atoms with E-state index < -0.39 is 5.97 Å². The third-order valence-corrected chi connectivity index (χ3v) is 4.64. The summed E-state index contributed by atoms with van der Waals surface area (Å²) < 4.78 is 1.79. The lowest BCUT2D eigenvalue weighted by atomic mass is 9.85. The highest BCUT2D eigenvalue weighted by Gasteiger charge is 2.28. The summed E-state index contributed by atoms with van der Waals surface area (Å²) in [5.74, 6) is -0.882. The number of carboxylic acids is 1. The van der Waals surface area contributed by atoms with Crippen LogP contribution < -0.4 is 5.56 Å². The van der Waals surface area contributed by atoms with Gasteiger partial charge in [0.2, 0.25) is 0 Å². The summed E-state index contributed by atoms with van der Waals surface area (Å²) in [6.45, 7) is 1.88. The maximum atomic E-state index is 12.7. The van der Waals surface area contributed by atoms with Gasteiger partial charge in [-0.05, 0) is 62.3 Å². The molecule has 0 aliphatic heterocycles. The van der Waals surface area contributed by atoms with Crippen LogP contribution in [0.25, 0.3) is 10.8 Å². The molecule has 0 bridgehead atoms. The van der Waals surface area contributed by atoms with Gasteiger partial charge in [-0.25, -0.2) is 0 Å². The smallest absolute Gasteiger partial charge is 0.306 e. The van der Waals surface area contributed by atoms with Crippen molar-refractivity contribution in [3.05, 3.63) is 40.3 Å². The molecule has 1 aliphatic rings. The molecule has 2 aromatic rings. The van der Waals surface area contributed by atoms with Crippen LogP contribution >= 0.6 is 0 Å². The van der Waals surface area contributed by atoms with Crippen molar-refractivity contribution in [1.82, 2.24) is 4.57 Å². The first-order valence-electron chi connectivity index (χ1n) is 7.55. The van der Waals surface area contributed by atoms with Gasteiger partial charge in [-0.1, -0.05) is 0 Å². The molecule has 0 radical (unpaired) electrons. The lowest BCUT2D eigenvalue weighted by Crippen LogP contribution is -2.31. The topological polar surface area (TPSA) is 79.5 Å². The number of hydrogen-bond donors (Lipinski definition) is 2. The van der Waals surface area contributed by atoms with Crippen molar-refractivity contribution < 1.29 is 15.0 Å². The lowest BCUT2D eigenvalue weighted by Gasteiger charge is -2.29. The van der Waals surface area contributed by atoms with Crippen molar-refractivity contribution in [2.45, 2.75) is 38.6 Å². The van der Waals surface area contributed by atoms with Crippen molar-refractivity contribution in [2.75, 3.05) is 0 Å². The minimum absolute atomic E-state index is 0.0568. The number of phenols is 1. The maximum Gasteiger partial charge on any atom is 0.306 e. The van der Waals surface area contributed by atoms with Crippen LogP contribution in [0.1, 0.15) is 37.4 Å². The zero-order valence-electron chi connectivity index (χ0n) is 12.5. The third kappa shape index (κ3) is 2.47. The number of rotatable bonds is 2. The van der Waals surface area contributed by atoms with Gasteiger partial charge >= 0.3 is 5.97 Å². The first-order chi connectivity index (χ1) is 10.5. The molecule has 1 fully saturated rings. The van der Waals surface area contributed by atoms with Gasteiger partial charge in [-0.2, -0.15) is 0 Å². The number of carbonyl (C=O) groups is 1. The average molecular weight is 301 g/mol. The Kier molecular flexibility index (Phi) is 3.64. The van der Waals surface area contributed by atoms with Gasteiger partial charge in [0.05, 0.1) is 5.92 Å². The third-order valence-electron chi connectivity index (χ3n) is 4.64. The number of carboxylic acid groups (broad SMARTS) is 1. The van der Waals surface area contributed by atoms with Crippen LogP contribution in [0.2, 0.25) is 0 Å². The van der Waals surface area contributed by atoms with Crippen LogP contribution in [0, 0.1) is 12.8 Å². The van der Waals surface area contributed by atoms with E-state index in [2.05, 4.69) is 0 Å². The number of aryl methyl sites for hydroxylation is 1. The number of fused-ring (bicyclic) bond motifs is 1. The van der Waals surface area contributed by atoms with E-state index in [0.717, 1.165) is 11.1 Å². The molecular formula is C17H19NO4. The van der Waals surface area contributed by atoms with Gasteiger partial charge < -0.3 is 14.8 Å². The van der Waals surface area contributed by atoms with Gasteiger partial charge in [0.25, 0.3) is 5.56 Å². The Labute approximate surface area is 127 Å².